The van der Waals surface area contributed by atoms with Crippen LogP contribution in [-0.2, 0) is 0 Å². The van der Waals surface area contributed by atoms with Crippen LogP contribution in [0.2, 0.25) is 0 Å². The lowest BCUT2D eigenvalue weighted by molar-refractivity contribution is 0.102. The Morgan fingerprint density at radius 2 is 2.25 bits per heavy atom. The molecule has 0 atom stereocenters. The van der Waals surface area contributed by atoms with E-state index in [1.807, 2.05) is 6.92 Å². The molecule has 2 aromatic rings. The predicted molar refractivity (Wildman–Crippen MR) is 60.0 cm³/mol. The normalized spacial score (nSPS) is 10.1. The number of amides is 1. The van der Waals surface area contributed by atoms with E-state index in [1.165, 1.54) is 6.26 Å². The third kappa shape index (κ3) is 2.03. The molecule has 1 aromatic carbocycles. The van der Waals surface area contributed by atoms with Crippen LogP contribution in [-0.4, -0.2) is 11.1 Å². The van der Waals surface area contributed by atoms with E-state index in [0.717, 1.165) is 5.56 Å². The minimum atomic E-state index is -0.230. The second-order valence-corrected chi connectivity index (χ2v) is 3.41. The molecule has 0 saturated heterocycles. The molecule has 0 fully saturated rings. The van der Waals surface area contributed by atoms with Gasteiger partial charge in [-0.2, -0.15) is 0 Å². The first-order valence-electron chi connectivity index (χ1n) is 4.74. The van der Waals surface area contributed by atoms with Crippen molar-refractivity contribution in [3.63, 3.8) is 0 Å². The second kappa shape index (κ2) is 4.06. The molecule has 0 radical (unpaired) electrons. The summed E-state index contributed by atoms with van der Waals surface area (Å²) in [7, 11) is 0. The molecule has 1 amide bonds. The van der Waals surface area contributed by atoms with Gasteiger partial charge in [0.25, 0.3) is 5.91 Å². The van der Waals surface area contributed by atoms with Crippen molar-refractivity contribution in [2.24, 2.45) is 0 Å². The van der Waals surface area contributed by atoms with Gasteiger partial charge < -0.3 is 15.6 Å². The molecule has 1 heterocycles. The summed E-state index contributed by atoms with van der Waals surface area (Å²) in [5, 5.41) is 6.21. The third-order valence-corrected chi connectivity index (χ3v) is 2.17. The van der Waals surface area contributed by atoms with E-state index in [0.29, 0.717) is 17.1 Å². The van der Waals surface area contributed by atoms with Crippen molar-refractivity contribution in [1.82, 2.24) is 5.16 Å². The van der Waals surface area contributed by atoms with Crippen LogP contribution >= 0.6 is 0 Å². The molecule has 0 bridgehead atoms. The molecule has 5 nitrogen and oxygen atoms in total. The number of rotatable bonds is 2. The number of hydrogen-bond donors (Lipinski definition) is 2. The number of hydrogen-bond acceptors (Lipinski definition) is 4. The number of aryl methyl sites for hydroxylation is 1. The van der Waals surface area contributed by atoms with Crippen LogP contribution < -0.4 is 11.1 Å². The molecule has 1 aromatic heterocycles. The molecule has 0 aliphatic carbocycles. The summed E-state index contributed by atoms with van der Waals surface area (Å²) < 4.78 is 4.62. The van der Waals surface area contributed by atoms with E-state index in [1.54, 1.807) is 24.3 Å². The van der Waals surface area contributed by atoms with E-state index >= 15 is 0 Å². The number of nitrogens with one attached hydrogen (secondary N) is 1. The molecule has 3 N–H and O–H groups in total. The number of nitrogen functional groups attached to an aromatic ring is 1. The fraction of sp³-hybridized carbons (Fsp3) is 0.0909. The third-order valence-electron chi connectivity index (χ3n) is 2.17. The van der Waals surface area contributed by atoms with E-state index in [-0.39, 0.29) is 5.91 Å². The summed E-state index contributed by atoms with van der Waals surface area (Å²) in [5.41, 5.74) is 7.63. The highest BCUT2D eigenvalue weighted by molar-refractivity contribution is 6.04. The van der Waals surface area contributed by atoms with E-state index < -0.39 is 0 Å². The van der Waals surface area contributed by atoms with E-state index in [2.05, 4.69) is 15.0 Å². The smallest absolute Gasteiger partial charge is 0.257 e. The molecule has 0 aliphatic rings. The Balaban J connectivity index is 2.21. The Morgan fingerprint density at radius 3 is 2.88 bits per heavy atom. The zero-order chi connectivity index (χ0) is 11.5. The zero-order valence-electron chi connectivity index (χ0n) is 8.73. The van der Waals surface area contributed by atoms with Gasteiger partial charge in [-0.05, 0) is 30.7 Å². The number of nitrogens with zero attached hydrogens (tertiary/aromatic N) is 1. The highest BCUT2D eigenvalue weighted by Gasteiger charge is 2.10. The number of anilines is 2. The van der Waals surface area contributed by atoms with Crippen molar-refractivity contribution in [3.05, 3.63) is 41.7 Å². The summed E-state index contributed by atoms with van der Waals surface area (Å²) in [6.07, 6.45) is 1.39. The van der Waals surface area contributed by atoms with Crippen LogP contribution in [0.15, 0.2) is 35.1 Å². The van der Waals surface area contributed by atoms with Crippen LogP contribution in [0.3, 0.4) is 0 Å². The largest absolute Gasteiger partial charge is 0.399 e. The van der Waals surface area contributed by atoms with Gasteiger partial charge in [0.1, 0.15) is 6.26 Å². The maximum atomic E-state index is 11.8. The van der Waals surface area contributed by atoms with Gasteiger partial charge in [-0.1, -0.05) is 5.16 Å². The van der Waals surface area contributed by atoms with Crippen molar-refractivity contribution < 1.29 is 9.32 Å². The molecule has 0 aliphatic heterocycles. The minimum absolute atomic E-state index is 0.230. The highest BCUT2D eigenvalue weighted by atomic mass is 16.5. The summed E-state index contributed by atoms with van der Waals surface area (Å²) in [6, 6.07) is 6.69. The fourth-order valence-electron chi connectivity index (χ4n) is 1.40. The Labute approximate surface area is 92.2 Å². The predicted octanol–water partition coefficient (Wildman–Crippen LogP) is 1.82. The SMILES string of the molecule is Cc1cc(N)ccc1C(=O)Nc1ccon1. The lowest BCUT2D eigenvalue weighted by Crippen LogP contribution is -2.13. The molecule has 0 saturated carbocycles. The van der Waals surface area contributed by atoms with Crippen LogP contribution in [0.25, 0.3) is 0 Å². The van der Waals surface area contributed by atoms with Crippen LogP contribution in [0.5, 0.6) is 0 Å². The van der Waals surface area contributed by atoms with Gasteiger partial charge in [-0.25, -0.2) is 0 Å². The van der Waals surface area contributed by atoms with Gasteiger partial charge in [-0.15, -0.1) is 0 Å². The monoisotopic (exact) mass is 217 g/mol. The van der Waals surface area contributed by atoms with Crippen molar-refractivity contribution >= 4 is 17.4 Å². The quantitative estimate of drug-likeness (QED) is 0.752. The van der Waals surface area contributed by atoms with E-state index in [9.17, 15) is 4.79 Å². The maximum Gasteiger partial charge on any atom is 0.257 e. The molecule has 82 valence electrons. The molecule has 0 spiro atoms. The molecular weight excluding hydrogens is 206 g/mol. The van der Waals surface area contributed by atoms with Crippen molar-refractivity contribution in [2.75, 3.05) is 11.1 Å². The summed E-state index contributed by atoms with van der Waals surface area (Å²) >= 11 is 0. The second-order valence-electron chi connectivity index (χ2n) is 3.41. The lowest BCUT2D eigenvalue weighted by Gasteiger charge is -2.05. The standard InChI is InChI=1S/C11H11N3O2/c1-7-6-8(12)2-3-9(7)11(15)13-10-4-5-16-14-10/h2-6H,12H2,1H3,(H,13,14,15). The van der Waals surface area contributed by atoms with Crippen LogP contribution in [0.1, 0.15) is 15.9 Å². The Bertz CT molecular complexity index is 506. The minimum Gasteiger partial charge on any atom is -0.399 e. The summed E-state index contributed by atoms with van der Waals surface area (Å²) in [6.45, 7) is 1.83. The van der Waals surface area contributed by atoms with Crippen molar-refractivity contribution in [3.8, 4) is 0 Å². The van der Waals surface area contributed by atoms with Crippen molar-refractivity contribution in [1.29, 1.82) is 0 Å². The molecule has 16 heavy (non-hydrogen) atoms. The van der Waals surface area contributed by atoms with Gasteiger partial charge in [-0.3, -0.25) is 4.79 Å². The Morgan fingerprint density at radius 1 is 1.44 bits per heavy atom. The number of benzene rings is 1. The maximum absolute atomic E-state index is 11.8. The van der Waals surface area contributed by atoms with Gasteiger partial charge >= 0.3 is 0 Å². The summed E-state index contributed by atoms with van der Waals surface area (Å²) in [5.74, 6) is 0.160. The Kier molecular flexibility index (Phi) is 2.59. The number of carbonyl (C=O) groups excluding carboxylic acids is 1. The topological polar surface area (TPSA) is 81.2 Å². The molecule has 2 rings (SSSR count). The highest BCUT2D eigenvalue weighted by Crippen LogP contribution is 2.14. The first kappa shape index (κ1) is 10.2. The average Bonchev–Trinajstić information content (AvgIpc) is 2.70. The zero-order valence-corrected chi connectivity index (χ0v) is 8.73. The lowest BCUT2D eigenvalue weighted by atomic mass is 10.1. The van der Waals surface area contributed by atoms with Gasteiger partial charge in [0.2, 0.25) is 0 Å². The Hall–Kier alpha value is -2.30. The number of nitrogens with two attached hydrogens (primary N) is 1. The van der Waals surface area contributed by atoms with Gasteiger partial charge in [0.05, 0.1) is 0 Å². The first-order chi connectivity index (χ1) is 7.66. The van der Waals surface area contributed by atoms with Crippen molar-refractivity contribution in [2.45, 2.75) is 6.92 Å². The molecular formula is C11H11N3O2. The number of aromatic nitrogens is 1. The molecule has 5 heteroatoms. The number of carbonyl (C=O) groups is 1. The fourth-order valence-corrected chi connectivity index (χ4v) is 1.40. The average molecular weight is 217 g/mol. The van der Waals surface area contributed by atoms with Crippen LogP contribution in [0, 0.1) is 6.92 Å². The van der Waals surface area contributed by atoms with E-state index in [4.69, 9.17) is 5.73 Å². The first-order valence-corrected chi connectivity index (χ1v) is 4.74. The van der Waals surface area contributed by atoms with Gasteiger partial charge in [0.15, 0.2) is 5.82 Å². The molecule has 0 unspecified atom stereocenters. The summed E-state index contributed by atoms with van der Waals surface area (Å²) in [4.78, 5) is 11.8. The van der Waals surface area contributed by atoms with Gasteiger partial charge in [0, 0.05) is 17.3 Å². The van der Waals surface area contributed by atoms with Crippen LogP contribution in [0.4, 0.5) is 11.5 Å².